The van der Waals surface area contributed by atoms with E-state index in [2.05, 4.69) is 20.9 Å². The Bertz CT molecular complexity index is 778. The minimum Gasteiger partial charge on any atom is -0.219 e. The fourth-order valence-corrected chi connectivity index (χ4v) is 3.16. The Morgan fingerprint density at radius 2 is 0.952 bits per heavy atom. The summed E-state index contributed by atoms with van der Waals surface area (Å²) in [5.74, 6) is 0. The largest absolute Gasteiger partial charge is 0.219 e. The predicted octanol–water partition coefficient (Wildman–Crippen LogP) is 2.72. The highest BCUT2D eigenvalue weighted by molar-refractivity contribution is 7.91. The van der Waals surface area contributed by atoms with Crippen LogP contribution in [-0.4, -0.2) is 8.42 Å². The molecule has 0 spiro atoms. The summed E-state index contributed by atoms with van der Waals surface area (Å²) in [7, 11) is -3.54. The number of anilines is 2. The normalized spacial score (nSPS) is 15.4. The van der Waals surface area contributed by atoms with Gasteiger partial charge < -0.3 is 0 Å². The quantitative estimate of drug-likeness (QED) is 0.868. The van der Waals surface area contributed by atoms with Crippen molar-refractivity contribution in [2.75, 3.05) is 10.2 Å². The van der Waals surface area contributed by atoms with Crippen molar-refractivity contribution in [1.82, 2.24) is 0 Å². The van der Waals surface area contributed by atoms with Crippen LogP contribution in [0.25, 0.3) is 0 Å². The van der Waals surface area contributed by atoms with Crippen molar-refractivity contribution in [3.63, 3.8) is 0 Å². The summed E-state index contributed by atoms with van der Waals surface area (Å²) in [4.78, 5) is 0.448. The molecule has 0 fully saturated rings. The molecular weight excluding hydrogens is 292 g/mol. The van der Waals surface area contributed by atoms with Crippen LogP contribution in [0.3, 0.4) is 0 Å². The van der Waals surface area contributed by atoms with Gasteiger partial charge in [-0.3, -0.25) is 0 Å². The molecule has 0 N–H and O–H groups in total. The molecule has 0 unspecified atom stereocenters. The Labute approximate surface area is 119 Å². The summed E-state index contributed by atoms with van der Waals surface area (Å²) in [6, 6.07) is 12.8. The summed E-state index contributed by atoms with van der Waals surface area (Å²) in [5, 5.41) is 17.4. The Morgan fingerprint density at radius 1 is 0.619 bits per heavy atom. The van der Waals surface area contributed by atoms with Crippen molar-refractivity contribution in [2.45, 2.75) is 9.79 Å². The number of benzene rings is 2. The molecule has 0 aromatic heterocycles. The molecule has 2 aromatic rings. The lowest BCUT2D eigenvalue weighted by atomic mass is 10.3. The molecule has 9 heteroatoms. The SMILES string of the molecule is O=S(=O)(c1ccc(N2N=N2)cc1)c1ccc(N2N=N2)cc1. The Hall–Kier alpha value is -2.81. The van der Waals surface area contributed by atoms with Crippen molar-refractivity contribution < 1.29 is 8.42 Å². The first-order valence-electron chi connectivity index (χ1n) is 6.03. The molecule has 21 heavy (non-hydrogen) atoms. The number of hydrogen-bond donors (Lipinski definition) is 0. The third-order valence-electron chi connectivity index (χ3n) is 3.11. The van der Waals surface area contributed by atoms with E-state index in [4.69, 9.17) is 0 Å². The highest BCUT2D eigenvalue weighted by atomic mass is 32.2. The third-order valence-corrected chi connectivity index (χ3v) is 4.90. The van der Waals surface area contributed by atoms with Crippen LogP contribution in [0.1, 0.15) is 0 Å². The molecule has 2 heterocycles. The molecule has 8 nitrogen and oxygen atoms in total. The van der Waals surface area contributed by atoms with Crippen LogP contribution in [0.2, 0.25) is 0 Å². The number of rotatable bonds is 4. The molecular formula is C12H8N6O2S. The van der Waals surface area contributed by atoms with E-state index in [1.54, 1.807) is 24.3 Å². The summed E-state index contributed by atoms with van der Waals surface area (Å²) < 4.78 is 25.0. The van der Waals surface area contributed by atoms with Gasteiger partial charge in [-0.1, -0.05) is 0 Å². The van der Waals surface area contributed by atoms with Gasteiger partial charge in [-0.05, 0) is 69.4 Å². The van der Waals surface area contributed by atoms with Gasteiger partial charge in [0, 0.05) is 0 Å². The summed E-state index contributed by atoms with van der Waals surface area (Å²) in [6.07, 6.45) is 0. The van der Waals surface area contributed by atoms with E-state index >= 15 is 0 Å². The van der Waals surface area contributed by atoms with Gasteiger partial charge in [0.2, 0.25) is 9.84 Å². The molecule has 0 saturated carbocycles. The van der Waals surface area contributed by atoms with Crippen molar-refractivity contribution in [3.8, 4) is 0 Å². The first-order chi connectivity index (χ1) is 10.1. The predicted molar refractivity (Wildman–Crippen MR) is 73.0 cm³/mol. The lowest BCUT2D eigenvalue weighted by Gasteiger charge is -2.06. The van der Waals surface area contributed by atoms with Crippen LogP contribution in [0, 0.1) is 0 Å². The zero-order chi connectivity index (χ0) is 14.4. The van der Waals surface area contributed by atoms with Crippen LogP contribution >= 0.6 is 0 Å². The molecule has 2 aromatic carbocycles. The van der Waals surface area contributed by atoms with Crippen molar-refractivity contribution in [3.05, 3.63) is 48.5 Å². The molecule has 2 aliphatic heterocycles. The second-order valence-electron chi connectivity index (χ2n) is 4.43. The third kappa shape index (κ3) is 2.13. The van der Waals surface area contributed by atoms with Gasteiger partial charge in [0.15, 0.2) is 0 Å². The summed E-state index contributed by atoms with van der Waals surface area (Å²) >= 11 is 0. The van der Waals surface area contributed by atoms with Crippen molar-refractivity contribution >= 4 is 21.2 Å². The molecule has 0 atom stereocenters. The molecule has 0 saturated heterocycles. The highest BCUT2D eigenvalue weighted by Gasteiger charge is 2.21. The molecule has 104 valence electrons. The zero-order valence-electron chi connectivity index (χ0n) is 10.5. The zero-order valence-corrected chi connectivity index (χ0v) is 11.3. The van der Waals surface area contributed by atoms with E-state index in [1.807, 2.05) is 0 Å². The first-order valence-corrected chi connectivity index (χ1v) is 7.51. The van der Waals surface area contributed by atoms with Crippen LogP contribution in [0.4, 0.5) is 11.4 Å². The highest BCUT2D eigenvalue weighted by Crippen LogP contribution is 2.29. The van der Waals surface area contributed by atoms with Gasteiger partial charge in [0.05, 0.1) is 21.2 Å². The van der Waals surface area contributed by atoms with Crippen LogP contribution in [-0.2, 0) is 9.84 Å². The molecule has 2 aliphatic rings. The van der Waals surface area contributed by atoms with E-state index in [9.17, 15) is 8.42 Å². The van der Waals surface area contributed by atoms with E-state index in [1.165, 1.54) is 34.5 Å². The van der Waals surface area contributed by atoms with Crippen molar-refractivity contribution in [1.29, 1.82) is 0 Å². The average Bonchev–Trinajstić information content (AvgIpc) is 3.41. The van der Waals surface area contributed by atoms with Crippen LogP contribution < -0.4 is 10.2 Å². The average molecular weight is 300 g/mol. The van der Waals surface area contributed by atoms with Gasteiger partial charge in [-0.25, -0.2) is 8.42 Å². The Balaban J connectivity index is 1.64. The summed E-state index contributed by atoms with van der Waals surface area (Å²) in [6.45, 7) is 0. The van der Waals surface area contributed by atoms with Crippen molar-refractivity contribution in [2.24, 2.45) is 20.9 Å². The number of nitrogens with zero attached hydrogens (tertiary/aromatic N) is 6. The van der Waals surface area contributed by atoms with E-state index in [0.717, 1.165) is 11.4 Å². The molecule has 0 aliphatic carbocycles. The molecule has 0 amide bonds. The second kappa shape index (κ2) is 4.09. The van der Waals surface area contributed by atoms with E-state index < -0.39 is 9.84 Å². The van der Waals surface area contributed by atoms with E-state index in [-0.39, 0.29) is 9.79 Å². The monoisotopic (exact) mass is 300 g/mol. The van der Waals surface area contributed by atoms with E-state index in [0.29, 0.717) is 0 Å². The lowest BCUT2D eigenvalue weighted by Crippen LogP contribution is -2.02. The lowest BCUT2D eigenvalue weighted by molar-refractivity contribution is 0.596. The van der Waals surface area contributed by atoms with Gasteiger partial charge in [-0.15, -0.1) is 10.2 Å². The number of sulfone groups is 1. The maximum absolute atomic E-state index is 12.5. The number of hydrogen-bond acceptors (Lipinski definition) is 8. The van der Waals surface area contributed by atoms with Gasteiger partial charge in [0.25, 0.3) is 0 Å². The van der Waals surface area contributed by atoms with Crippen LogP contribution in [0.15, 0.2) is 79.2 Å². The van der Waals surface area contributed by atoms with Gasteiger partial charge in [-0.2, -0.15) is 0 Å². The smallest absolute Gasteiger partial charge is 0.206 e. The Kier molecular flexibility index (Phi) is 2.33. The minimum absolute atomic E-state index is 0.224. The maximum atomic E-state index is 12.5. The summed E-state index contributed by atoms with van der Waals surface area (Å²) in [5.41, 5.74) is 1.46. The molecule has 4 rings (SSSR count). The van der Waals surface area contributed by atoms with Gasteiger partial charge >= 0.3 is 0 Å². The minimum atomic E-state index is -3.54. The fourth-order valence-electron chi connectivity index (χ4n) is 1.90. The maximum Gasteiger partial charge on any atom is 0.206 e. The second-order valence-corrected chi connectivity index (χ2v) is 6.38. The fraction of sp³-hybridized carbons (Fsp3) is 0. The van der Waals surface area contributed by atoms with Crippen LogP contribution in [0.5, 0.6) is 0 Å². The first kappa shape index (κ1) is 12.0. The molecule has 0 radical (unpaired) electrons. The topological polar surface area (TPSA) is 89.6 Å². The standard InChI is InChI=1S/C12H8N6O2S/c19-21(20,11-5-1-9(2-6-11)17-13-14-17)12-7-3-10(4-8-12)18-15-16-18/h1-8H. The molecule has 0 bridgehead atoms. The van der Waals surface area contributed by atoms with Gasteiger partial charge in [0.1, 0.15) is 0 Å². The Morgan fingerprint density at radius 3 is 1.24 bits per heavy atom.